The van der Waals surface area contributed by atoms with E-state index in [1.165, 1.54) is 0 Å². The molecule has 0 bridgehead atoms. The second-order valence-electron chi connectivity index (χ2n) is 4.47. The molecule has 0 aliphatic rings. The van der Waals surface area contributed by atoms with E-state index in [1.54, 1.807) is 0 Å². The Morgan fingerprint density at radius 2 is 1.46 bits per heavy atom. The van der Waals surface area contributed by atoms with Gasteiger partial charge in [-0.3, -0.25) is 4.57 Å². The molecule has 13 heavy (non-hydrogen) atoms. The lowest BCUT2D eigenvalue weighted by Gasteiger charge is -2.27. The number of rotatable bonds is 5. The van der Waals surface area contributed by atoms with Gasteiger partial charge in [-0.2, -0.15) is 0 Å². The minimum Gasteiger partial charge on any atom is -0.323 e. The van der Waals surface area contributed by atoms with E-state index in [2.05, 4.69) is 0 Å². The summed E-state index contributed by atoms with van der Waals surface area (Å²) < 4.78 is 17.9. The maximum absolute atomic E-state index is 12.2. The molecule has 3 heteroatoms. The molecule has 0 aliphatic carbocycles. The monoisotopic (exact) mass is 206 g/mol. The van der Waals surface area contributed by atoms with Crippen molar-refractivity contribution in [3.8, 4) is 0 Å². The molecular weight excluding hydrogens is 183 g/mol. The van der Waals surface area contributed by atoms with Gasteiger partial charge in [0.1, 0.15) is 0 Å². The molecule has 0 aromatic rings. The maximum Gasteiger partial charge on any atom is 0.203 e. The Kier molecular flexibility index (Phi) is 5.24. The Balaban J connectivity index is 4.33. The minimum absolute atomic E-state index is 0.278. The molecule has 0 aromatic carbocycles. The van der Waals surface area contributed by atoms with Crippen LogP contribution in [0.2, 0.25) is 0 Å². The van der Waals surface area contributed by atoms with Crippen molar-refractivity contribution in [2.75, 3.05) is 12.3 Å². The average Bonchev–Trinajstić information content (AvgIpc) is 1.82. The van der Waals surface area contributed by atoms with E-state index in [1.807, 2.05) is 34.6 Å². The lowest BCUT2D eigenvalue weighted by molar-refractivity contribution is 0.134. The highest BCUT2D eigenvalue weighted by atomic mass is 31.2. The van der Waals surface area contributed by atoms with Gasteiger partial charge in [0.2, 0.25) is 7.37 Å². The zero-order chi connectivity index (χ0) is 10.5. The molecule has 0 aliphatic heterocycles. The fraction of sp³-hybridized carbons (Fsp3) is 1.00. The highest BCUT2D eigenvalue weighted by Gasteiger charge is 2.27. The van der Waals surface area contributed by atoms with Crippen LogP contribution in [0, 0.1) is 0 Å². The zero-order valence-corrected chi connectivity index (χ0v) is 10.5. The highest BCUT2D eigenvalue weighted by Crippen LogP contribution is 2.51. The van der Waals surface area contributed by atoms with Crippen LogP contribution in [0.4, 0.5) is 0 Å². The summed E-state index contributed by atoms with van der Waals surface area (Å²) in [5.41, 5.74) is -0.278. The lowest BCUT2D eigenvalue weighted by Crippen LogP contribution is -2.19. The molecule has 0 N–H and O–H groups in total. The van der Waals surface area contributed by atoms with Crippen molar-refractivity contribution >= 4 is 7.37 Å². The van der Waals surface area contributed by atoms with Crippen LogP contribution in [0.1, 0.15) is 47.5 Å². The van der Waals surface area contributed by atoms with E-state index < -0.39 is 7.37 Å². The molecule has 0 saturated heterocycles. The van der Waals surface area contributed by atoms with Crippen LogP contribution in [-0.4, -0.2) is 17.9 Å². The molecule has 0 unspecified atom stereocenters. The van der Waals surface area contributed by atoms with E-state index in [0.717, 1.165) is 25.2 Å². The van der Waals surface area contributed by atoms with Crippen LogP contribution in [0.5, 0.6) is 0 Å². The van der Waals surface area contributed by atoms with Crippen LogP contribution in [-0.2, 0) is 9.09 Å². The van der Waals surface area contributed by atoms with Gasteiger partial charge in [-0.05, 0) is 33.6 Å². The summed E-state index contributed by atoms with van der Waals surface area (Å²) in [5, 5.41) is 0. The summed E-state index contributed by atoms with van der Waals surface area (Å²) in [5.74, 6) is 0. The highest BCUT2D eigenvalue weighted by molar-refractivity contribution is 7.59. The van der Waals surface area contributed by atoms with Gasteiger partial charge in [-0.1, -0.05) is 13.8 Å². The average molecular weight is 206 g/mol. The summed E-state index contributed by atoms with van der Waals surface area (Å²) in [6.07, 6.45) is 3.32. The third kappa shape index (κ3) is 6.29. The van der Waals surface area contributed by atoms with Crippen molar-refractivity contribution in [1.29, 1.82) is 0 Å². The van der Waals surface area contributed by atoms with Crippen LogP contribution in [0.3, 0.4) is 0 Å². The Morgan fingerprint density at radius 3 is 1.69 bits per heavy atom. The van der Waals surface area contributed by atoms with Crippen molar-refractivity contribution in [3.63, 3.8) is 0 Å². The zero-order valence-electron chi connectivity index (χ0n) is 9.59. The van der Waals surface area contributed by atoms with E-state index in [4.69, 9.17) is 4.52 Å². The molecule has 0 aromatic heterocycles. The predicted octanol–water partition coefficient (Wildman–Crippen LogP) is 3.90. The second kappa shape index (κ2) is 5.17. The molecule has 0 saturated carbocycles. The first-order chi connectivity index (χ1) is 5.83. The van der Waals surface area contributed by atoms with Crippen LogP contribution in [0.15, 0.2) is 0 Å². The van der Waals surface area contributed by atoms with Crippen molar-refractivity contribution in [2.45, 2.75) is 53.1 Å². The van der Waals surface area contributed by atoms with Gasteiger partial charge in [0.25, 0.3) is 0 Å². The van der Waals surface area contributed by atoms with Crippen LogP contribution in [0.25, 0.3) is 0 Å². The van der Waals surface area contributed by atoms with Gasteiger partial charge in [0, 0.05) is 12.3 Å². The fourth-order valence-corrected chi connectivity index (χ4v) is 4.15. The molecule has 0 atom stereocenters. The van der Waals surface area contributed by atoms with Gasteiger partial charge >= 0.3 is 0 Å². The standard InChI is InChI=1S/C10H23O2P/c1-6-8-13(11,9-7-2)12-10(3,4)5/h6-9H2,1-5H3. The van der Waals surface area contributed by atoms with Crippen molar-refractivity contribution in [1.82, 2.24) is 0 Å². The Labute approximate surface area is 82.5 Å². The molecule has 0 rings (SSSR count). The van der Waals surface area contributed by atoms with Gasteiger partial charge < -0.3 is 4.52 Å². The maximum atomic E-state index is 12.2. The molecule has 0 fully saturated rings. The summed E-state index contributed by atoms with van der Waals surface area (Å²) >= 11 is 0. The smallest absolute Gasteiger partial charge is 0.203 e. The Morgan fingerprint density at radius 1 is 1.08 bits per heavy atom. The molecule has 0 heterocycles. The quantitative estimate of drug-likeness (QED) is 0.638. The number of hydrogen-bond acceptors (Lipinski definition) is 2. The predicted molar refractivity (Wildman–Crippen MR) is 58.8 cm³/mol. The van der Waals surface area contributed by atoms with Crippen molar-refractivity contribution < 1.29 is 9.09 Å². The second-order valence-corrected chi connectivity index (χ2v) is 7.17. The third-order valence-electron chi connectivity index (χ3n) is 1.57. The summed E-state index contributed by atoms with van der Waals surface area (Å²) in [4.78, 5) is 0. The van der Waals surface area contributed by atoms with E-state index >= 15 is 0 Å². The van der Waals surface area contributed by atoms with E-state index in [9.17, 15) is 4.57 Å². The Hall–Kier alpha value is 0.190. The molecule has 2 nitrogen and oxygen atoms in total. The lowest BCUT2D eigenvalue weighted by atomic mass is 10.2. The van der Waals surface area contributed by atoms with Gasteiger partial charge in [0.05, 0.1) is 5.60 Å². The van der Waals surface area contributed by atoms with Crippen LogP contribution < -0.4 is 0 Å². The molecule has 80 valence electrons. The van der Waals surface area contributed by atoms with Gasteiger partial charge in [0.15, 0.2) is 0 Å². The Bertz CT molecular complexity index is 172. The van der Waals surface area contributed by atoms with Crippen LogP contribution >= 0.6 is 7.37 Å². The third-order valence-corrected chi connectivity index (χ3v) is 4.71. The number of hydrogen-bond donors (Lipinski definition) is 0. The summed E-state index contributed by atoms with van der Waals surface area (Å²) in [6.45, 7) is 9.99. The summed E-state index contributed by atoms with van der Waals surface area (Å²) in [6, 6.07) is 0. The topological polar surface area (TPSA) is 26.3 Å². The van der Waals surface area contributed by atoms with Gasteiger partial charge in [-0.15, -0.1) is 0 Å². The van der Waals surface area contributed by atoms with Crippen molar-refractivity contribution in [3.05, 3.63) is 0 Å². The summed E-state index contributed by atoms with van der Waals surface area (Å²) in [7, 11) is -2.34. The molecule has 0 amide bonds. The molecular formula is C10H23O2P. The fourth-order valence-electron chi connectivity index (χ4n) is 1.38. The van der Waals surface area contributed by atoms with E-state index in [-0.39, 0.29) is 5.60 Å². The minimum atomic E-state index is -2.34. The van der Waals surface area contributed by atoms with Gasteiger partial charge in [-0.25, -0.2) is 0 Å². The SMILES string of the molecule is CCCP(=O)(CCC)OC(C)(C)C. The first-order valence-electron chi connectivity index (χ1n) is 5.12. The normalized spacial score (nSPS) is 13.3. The van der Waals surface area contributed by atoms with Crippen molar-refractivity contribution in [2.24, 2.45) is 0 Å². The largest absolute Gasteiger partial charge is 0.323 e. The first kappa shape index (κ1) is 13.2. The van der Waals surface area contributed by atoms with E-state index in [0.29, 0.717) is 0 Å². The molecule has 0 spiro atoms. The molecule has 0 radical (unpaired) electrons. The first-order valence-corrected chi connectivity index (χ1v) is 7.11.